The van der Waals surface area contributed by atoms with Crippen LogP contribution in [-0.2, 0) is 14.3 Å². The Morgan fingerprint density at radius 3 is 2.61 bits per heavy atom. The summed E-state index contributed by atoms with van der Waals surface area (Å²) < 4.78 is 7.28. The Kier molecular flexibility index (Phi) is 6.61. The molecule has 1 aromatic rings. The zero-order chi connectivity index (χ0) is 23.0. The molecular weight excluding hydrogens is 432 g/mol. The van der Waals surface area contributed by atoms with Gasteiger partial charge in [-0.15, -0.1) is 0 Å². The second-order valence-corrected chi connectivity index (χ2v) is 8.96. The van der Waals surface area contributed by atoms with E-state index in [0.29, 0.717) is 25.9 Å². The third-order valence-electron chi connectivity index (χ3n) is 6.22. The summed E-state index contributed by atoms with van der Waals surface area (Å²) in [4.78, 5) is 50.7. The first-order valence-electron chi connectivity index (χ1n) is 10.1. The van der Waals surface area contributed by atoms with Crippen LogP contribution in [0.3, 0.4) is 0 Å². The number of carbonyl (C=O) groups is 2. The van der Waals surface area contributed by atoms with Gasteiger partial charge in [-0.2, -0.15) is 0 Å². The number of hydrogen-bond donors (Lipinski definition) is 4. The summed E-state index contributed by atoms with van der Waals surface area (Å²) in [7, 11) is 0. The van der Waals surface area contributed by atoms with Gasteiger partial charge in [-0.1, -0.05) is 11.6 Å². The summed E-state index contributed by atoms with van der Waals surface area (Å²) in [6, 6.07) is -1.81. The highest BCUT2D eigenvalue weighted by molar-refractivity contribution is 6.30. The molecule has 0 saturated carbocycles. The normalized spacial score (nSPS) is 26.6. The van der Waals surface area contributed by atoms with Gasteiger partial charge in [0.1, 0.15) is 11.1 Å². The number of hydrogen-bond acceptors (Lipinski definition) is 7. The molecule has 31 heavy (non-hydrogen) atoms. The fraction of sp³-hybridized carbons (Fsp3) is 0.684. The van der Waals surface area contributed by atoms with E-state index in [1.165, 1.54) is 10.8 Å². The van der Waals surface area contributed by atoms with Gasteiger partial charge in [0, 0.05) is 32.1 Å². The minimum absolute atomic E-state index is 0.0384. The molecule has 0 aliphatic carbocycles. The Bertz CT molecular complexity index is 965. The van der Waals surface area contributed by atoms with Crippen molar-refractivity contribution in [1.29, 1.82) is 0 Å². The molecule has 3 atom stereocenters. The Balaban J connectivity index is 1.64. The lowest BCUT2D eigenvalue weighted by Gasteiger charge is -2.51. The standard InChI is InChI=1S/C19H27ClN4O7/c1-18(30)10-19(31-9-13(18)24-8-11(20)15(26)22-17(24)29)4-6-23(7-5-19)14(25)3-2-12(21)16(27)28/h8,12-13,30H,2-7,9-10,21H2,1H3,(H,27,28)(H,22,26,29)/t12-,13+,18+/m1/s1. The molecule has 2 aliphatic rings. The van der Waals surface area contributed by atoms with E-state index in [0.717, 1.165) is 0 Å². The third-order valence-corrected chi connectivity index (χ3v) is 6.49. The van der Waals surface area contributed by atoms with Crippen LogP contribution in [0.15, 0.2) is 15.8 Å². The molecule has 172 valence electrons. The van der Waals surface area contributed by atoms with Crippen LogP contribution in [0.5, 0.6) is 0 Å². The number of nitrogens with two attached hydrogens (primary N) is 1. The van der Waals surface area contributed by atoms with Crippen LogP contribution >= 0.6 is 11.6 Å². The van der Waals surface area contributed by atoms with Crippen LogP contribution in [0.25, 0.3) is 0 Å². The molecule has 5 N–H and O–H groups in total. The smallest absolute Gasteiger partial charge is 0.328 e. The highest BCUT2D eigenvalue weighted by Gasteiger charge is 2.50. The van der Waals surface area contributed by atoms with Crippen molar-refractivity contribution in [3.8, 4) is 0 Å². The molecule has 11 nitrogen and oxygen atoms in total. The molecule has 2 aliphatic heterocycles. The Morgan fingerprint density at radius 2 is 2.03 bits per heavy atom. The molecular formula is C19H27ClN4O7. The fourth-order valence-corrected chi connectivity index (χ4v) is 4.53. The highest BCUT2D eigenvalue weighted by Crippen LogP contribution is 2.43. The average Bonchev–Trinajstić information content (AvgIpc) is 2.69. The number of nitrogens with one attached hydrogen (secondary N) is 1. The first-order chi connectivity index (χ1) is 14.4. The zero-order valence-electron chi connectivity index (χ0n) is 17.2. The number of aliphatic carboxylic acids is 1. The SMILES string of the molecule is C[C@]1(O)CC2(CCN(C(=O)CC[C@@H](N)C(=O)O)CC2)OC[C@@H]1n1cc(Cl)c(=O)[nH]c1=O. The summed E-state index contributed by atoms with van der Waals surface area (Å²) in [6.07, 6.45) is 2.55. The first-order valence-corrected chi connectivity index (χ1v) is 10.5. The lowest BCUT2D eigenvalue weighted by atomic mass is 9.75. The molecule has 12 heteroatoms. The molecule has 1 aromatic heterocycles. The van der Waals surface area contributed by atoms with Gasteiger partial charge in [0.05, 0.1) is 23.9 Å². The van der Waals surface area contributed by atoms with E-state index in [4.69, 9.17) is 27.2 Å². The van der Waals surface area contributed by atoms with E-state index in [1.807, 2.05) is 0 Å². The third kappa shape index (κ3) is 5.00. The number of piperidine rings is 1. The van der Waals surface area contributed by atoms with Gasteiger partial charge < -0.3 is 25.6 Å². The number of nitrogens with zero attached hydrogens (tertiary/aromatic N) is 2. The van der Waals surface area contributed by atoms with Gasteiger partial charge in [-0.25, -0.2) is 4.79 Å². The number of aliphatic hydroxyl groups is 1. The van der Waals surface area contributed by atoms with Crippen molar-refractivity contribution < 1.29 is 24.5 Å². The van der Waals surface area contributed by atoms with Crippen molar-refractivity contribution in [2.75, 3.05) is 19.7 Å². The predicted molar refractivity (Wildman–Crippen MR) is 110 cm³/mol. The molecule has 0 aromatic carbocycles. The topological polar surface area (TPSA) is 168 Å². The van der Waals surface area contributed by atoms with Crippen molar-refractivity contribution in [1.82, 2.24) is 14.5 Å². The maximum absolute atomic E-state index is 12.4. The molecule has 0 radical (unpaired) electrons. The number of carbonyl (C=O) groups excluding carboxylic acids is 1. The summed E-state index contributed by atoms with van der Waals surface area (Å²) in [6.45, 7) is 2.47. The number of aromatic amines is 1. The van der Waals surface area contributed by atoms with Gasteiger partial charge in [-0.05, 0) is 26.2 Å². The fourth-order valence-electron chi connectivity index (χ4n) is 4.37. The van der Waals surface area contributed by atoms with Gasteiger partial charge >= 0.3 is 11.7 Å². The van der Waals surface area contributed by atoms with E-state index in [-0.39, 0.29) is 36.8 Å². The molecule has 2 saturated heterocycles. The van der Waals surface area contributed by atoms with Crippen molar-refractivity contribution in [3.63, 3.8) is 0 Å². The quantitative estimate of drug-likeness (QED) is 0.456. The first kappa shape index (κ1) is 23.5. The lowest BCUT2D eigenvalue weighted by Crippen LogP contribution is -2.59. The number of rotatable bonds is 5. The number of halogens is 1. The van der Waals surface area contributed by atoms with Gasteiger partial charge in [0.2, 0.25) is 5.91 Å². The molecule has 1 amide bonds. The van der Waals surface area contributed by atoms with Crippen LogP contribution in [0, 0.1) is 0 Å². The van der Waals surface area contributed by atoms with Crippen LogP contribution in [0.4, 0.5) is 0 Å². The minimum Gasteiger partial charge on any atom is -0.480 e. The van der Waals surface area contributed by atoms with Crippen LogP contribution < -0.4 is 17.0 Å². The maximum Gasteiger partial charge on any atom is 0.328 e. The van der Waals surface area contributed by atoms with Crippen molar-refractivity contribution >= 4 is 23.5 Å². The molecule has 0 bridgehead atoms. The maximum atomic E-state index is 12.4. The summed E-state index contributed by atoms with van der Waals surface area (Å²) in [5, 5.41) is 19.8. The van der Waals surface area contributed by atoms with Crippen LogP contribution in [0.2, 0.25) is 5.02 Å². The van der Waals surface area contributed by atoms with Crippen molar-refractivity contribution in [2.45, 2.75) is 62.3 Å². The number of carboxylic acid groups (broad SMARTS) is 1. The number of likely N-dealkylation sites (tertiary alicyclic amines) is 1. The van der Waals surface area contributed by atoms with Gasteiger partial charge in [0.15, 0.2) is 0 Å². The van der Waals surface area contributed by atoms with Gasteiger partial charge in [-0.3, -0.25) is 23.9 Å². The number of ether oxygens (including phenoxy) is 1. The monoisotopic (exact) mass is 458 g/mol. The molecule has 1 spiro atoms. The molecule has 3 rings (SSSR count). The summed E-state index contributed by atoms with van der Waals surface area (Å²) in [5.41, 5.74) is 2.11. The zero-order valence-corrected chi connectivity index (χ0v) is 17.9. The average molecular weight is 459 g/mol. The number of H-pyrrole nitrogens is 1. The number of amides is 1. The van der Waals surface area contributed by atoms with Gasteiger partial charge in [0.25, 0.3) is 5.56 Å². The highest BCUT2D eigenvalue weighted by atomic mass is 35.5. The van der Waals surface area contributed by atoms with E-state index in [9.17, 15) is 24.3 Å². The second kappa shape index (κ2) is 8.73. The van der Waals surface area contributed by atoms with Crippen LogP contribution in [-0.4, -0.2) is 73.5 Å². The summed E-state index contributed by atoms with van der Waals surface area (Å²) >= 11 is 5.84. The molecule has 0 unspecified atom stereocenters. The van der Waals surface area contributed by atoms with Crippen molar-refractivity contribution in [3.05, 3.63) is 32.1 Å². The Morgan fingerprint density at radius 1 is 1.39 bits per heavy atom. The van der Waals surface area contributed by atoms with Crippen LogP contribution in [0.1, 0.15) is 45.1 Å². The van der Waals surface area contributed by atoms with E-state index in [2.05, 4.69) is 4.98 Å². The van der Waals surface area contributed by atoms with E-state index >= 15 is 0 Å². The Labute approximate surface area is 182 Å². The van der Waals surface area contributed by atoms with Crippen molar-refractivity contribution in [2.24, 2.45) is 5.73 Å². The Hall–Kier alpha value is -2.21. The second-order valence-electron chi connectivity index (χ2n) is 8.55. The minimum atomic E-state index is -1.32. The molecule has 2 fully saturated rings. The predicted octanol–water partition coefficient (Wildman–Crippen LogP) is -0.544. The lowest BCUT2D eigenvalue weighted by molar-refractivity contribution is -0.198. The number of aromatic nitrogens is 2. The summed E-state index contributed by atoms with van der Waals surface area (Å²) in [5.74, 6) is -1.30. The van der Waals surface area contributed by atoms with E-state index < -0.39 is 40.5 Å². The largest absolute Gasteiger partial charge is 0.480 e. The van der Waals surface area contributed by atoms with E-state index in [1.54, 1.807) is 11.8 Å². The number of carboxylic acids is 1. The molecule has 3 heterocycles.